The molecule has 0 aromatic carbocycles. The van der Waals surface area contributed by atoms with Crippen molar-refractivity contribution < 1.29 is 9.59 Å². The fourth-order valence-electron chi connectivity index (χ4n) is 1.11. The topological polar surface area (TPSA) is 40.6 Å². The Morgan fingerprint density at radius 1 is 0.938 bits per heavy atom. The van der Waals surface area contributed by atoms with Gasteiger partial charge >= 0.3 is 0 Å². The lowest BCUT2D eigenvalue weighted by Gasteiger charge is -2.12. The van der Waals surface area contributed by atoms with Gasteiger partial charge in [0.2, 0.25) is 11.8 Å². The van der Waals surface area contributed by atoms with Gasteiger partial charge in [0, 0.05) is 26.9 Å². The van der Waals surface area contributed by atoms with E-state index in [1.54, 1.807) is 14.1 Å². The van der Waals surface area contributed by atoms with Crippen LogP contribution in [-0.4, -0.2) is 35.7 Å². The SMILES string of the molecule is C=CN(C)C(=O)CCCCC(=O)N(C)C=C. The summed E-state index contributed by atoms with van der Waals surface area (Å²) in [7, 11) is 3.35. The van der Waals surface area contributed by atoms with E-state index >= 15 is 0 Å². The summed E-state index contributed by atoms with van der Waals surface area (Å²) >= 11 is 0. The van der Waals surface area contributed by atoms with Gasteiger partial charge in [-0.3, -0.25) is 9.59 Å². The first kappa shape index (κ1) is 14.4. The van der Waals surface area contributed by atoms with Crippen molar-refractivity contribution in [1.29, 1.82) is 0 Å². The molecule has 0 spiro atoms. The molecule has 0 saturated heterocycles. The molecule has 4 nitrogen and oxygen atoms in total. The zero-order valence-corrected chi connectivity index (χ0v) is 10.1. The zero-order chi connectivity index (χ0) is 12.6. The van der Waals surface area contributed by atoms with Crippen LogP contribution in [0.1, 0.15) is 25.7 Å². The van der Waals surface area contributed by atoms with E-state index in [0.29, 0.717) is 25.7 Å². The maximum absolute atomic E-state index is 11.4. The predicted octanol–water partition coefficient (Wildman–Crippen LogP) is 1.75. The highest BCUT2D eigenvalue weighted by molar-refractivity contribution is 5.77. The normalized spacial score (nSPS) is 9.38. The maximum atomic E-state index is 11.4. The molecule has 0 heterocycles. The second-order valence-corrected chi connectivity index (χ2v) is 3.58. The Bertz CT molecular complexity index is 246. The lowest BCUT2D eigenvalue weighted by Crippen LogP contribution is -2.21. The number of hydrogen-bond donors (Lipinski definition) is 0. The average Bonchev–Trinajstić information content (AvgIpc) is 2.31. The minimum atomic E-state index is 0.0273. The Balaban J connectivity index is 3.68. The van der Waals surface area contributed by atoms with Gasteiger partial charge in [-0.2, -0.15) is 0 Å². The Kier molecular flexibility index (Phi) is 6.92. The van der Waals surface area contributed by atoms with Crippen LogP contribution >= 0.6 is 0 Å². The molecule has 90 valence electrons. The van der Waals surface area contributed by atoms with Crippen molar-refractivity contribution in [2.24, 2.45) is 0 Å². The molecular weight excluding hydrogens is 204 g/mol. The summed E-state index contributed by atoms with van der Waals surface area (Å²) in [4.78, 5) is 25.6. The first-order valence-electron chi connectivity index (χ1n) is 5.29. The third-order valence-electron chi connectivity index (χ3n) is 2.37. The van der Waals surface area contributed by atoms with Crippen molar-refractivity contribution >= 4 is 11.8 Å². The van der Waals surface area contributed by atoms with Crippen LogP contribution in [0.4, 0.5) is 0 Å². The highest BCUT2D eigenvalue weighted by Gasteiger charge is 2.07. The third kappa shape index (κ3) is 5.34. The predicted molar refractivity (Wildman–Crippen MR) is 64.4 cm³/mol. The number of hydrogen-bond acceptors (Lipinski definition) is 2. The lowest BCUT2D eigenvalue weighted by atomic mass is 10.1. The molecule has 0 N–H and O–H groups in total. The van der Waals surface area contributed by atoms with E-state index < -0.39 is 0 Å². The van der Waals surface area contributed by atoms with Crippen LogP contribution in [0.5, 0.6) is 0 Å². The molecule has 0 rings (SSSR count). The van der Waals surface area contributed by atoms with Crippen molar-refractivity contribution in [3.8, 4) is 0 Å². The molecule has 0 aliphatic heterocycles. The molecule has 4 heteroatoms. The molecule has 0 radical (unpaired) electrons. The molecule has 0 aromatic rings. The Morgan fingerprint density at radius 3 is 1.50 bits per heavy atom. The number of carbonyl (C=O) groups excluding carboxylic acids is 2. The number of nitrogens with zero attached hydrogens (tertiary/aromatic N) is 2. The van der Waals surface area contributed by atoms with Gasteiger partial charge in [0.1, 0.15) is 0 Å². The van der Waals surface area contributed by atoms with Crippen molar-refractivity contribution in [2.45, 2.75) is 25.7 Å². The van der Waals surface area contributed by atoms with Gasteiger partial charge in [0.25, 0.3) is 0 Å². The second-order valence-electron chi connectivity index (χ2n) is 3.58. The fraction of sp³-hybridized carbons (Fsp3) is 0.500. The maximum Gasteiger partial charge on any atom is 0.226 e. The number of unbranched alkanes of at least 4 members (excludes halogenated alkanes) is 1. The smallest absolute Gasteiger partial charge is 0.226 e. The average molecular weight is 224 g/mol. The molecule has 0 unspecified atom stereocenters. The zero-order valence-electron chi connectivity index (χ0n) is 10.1. The van der Waals surface area contributed by atoms with Gasteiger partial charge in [0.05, 0.1) is 0 Å². The van der Waals surface area contributed by atoms with Crippen LogP contribution in [-0.2, 0) is 9.59 Å². The molecule has 0 saturated carbocycles. The van der Waals surface area contributed by atoms with Crippen molar-refractivity contribution in [1.82, 2.24) is 9.80 Å². The molecule has 0 atom stereocenters. The molecule has 2 amide bonds. The van der Waals surface area contributed by atoms with Crippen LogP contribution in [0.25, 0.3) is 0 Å². The van der Waals surface area contributed by atoms with Crippen LogP contribution in [0.15, 0.2) is 25.6 Å². The van der Waals surface area contributed by atoms with Gasteiger partial charge in [-0.25, -0.2) is 0 Å². The van der Waals surface area contributed by atoms with E-state index in [-0.39, 0.29) is 11.8 Å². The van der Waals surface area contributed by atoms with Gasteiger partial charge in [0.15, 0.2) is 0 Å². The quantitative estimate of drug-likeness (QED) is 0.618. The molecule has 16 heavy (non-hydrogen) atoms. The fourth-order valence-corrected chi connectivity index (χ4v) is 1.11. The molecule has 0 fully saturated rings. The standard InChI is InChI=1S/C12H20N2O2/c1-5-13(3)11(15)9-7-8-10-12(16)14(4)6-2/h5-6H,1-2,7-10H2,3-4H3. The number of carbonyl (C=O) groups is 2. The monoisotopic (exact) mass is 224 g/mol. The second kappa shape index (κ2) is 7.68. The molecule has 0 aliphatic carbocycles. The molecule has 0 aromatic heterocycles. The summed E-state index contributed by atoms with van der Waals surface area (Å²) in [6.07, 6.45) is 5.31. The molecule has 0 aliphatic rings. The minimum Gasteiger partial charge on any atom is -0.323 e. The Hall–Kier alpha value is -1.58. The largest absolute Gasteiger partial charge is 0.323 e. The number of amides is 2. The summed E-state index contributed by atoms with van der Waals surface area (Å²) in [6, 6.07) is 0. The van der Waals surface area contributed by atoms with E-state index in [2.05, 4.69) is 13.2 Å². The van der Waals surface area contributed by atoms with Gasteiger partial charge in [-0.1, -0.05) is 13.2 Å². The number of rotatable bonds is 7. The first-order valence-corrected chi connectivity index (χ1v) is 5.29. The van der Waals surface area contributed by atoms with E-state index in [1.807, 2.05) is 0 Å². The highest BCUT2D eigenvalue weighted by Crippen LogP contribution is 2.04. The minimum absolute atomic E-state index is 0.0273. The Morgan fingerprint density at radius 2 is 1.25 bits per heavy atom. The van der Waals surface area contributed by atoms with Gasteiger partial charge in [-0.05, 0) is 25.2 Å². The molecule has 0 bridgehead atoms. The Labute approximate surface area is 97.2 Å². The van der Waals surface area contributed by atoms with Crippen LogP contribution in [0.2, 0.25) is 0 Å². The highest BCUT2D eigenvalue weighted by atomic mass is 16.2. The van der Waals surface area contributed by atoms with Crippen LogP contribution < -0.4 is 0 Å². The van der Waals surface area contributed by atoms with E-state index in [9.17, 15) is 9.59 Å². The van der Waals surface area contributed by atoms with Crippen molar-refractivity contribution in [3.05, 3.63) is 25.6 Å². The molecular formula is C12H20N2O2. The van der Waals surface area contributed by atoms with Gasteiger partial charge in [-0.15, -0.1) is 0 Å². The van der Waals surface area contributed by atoms with Crippen LogP contribution in [0, 0.1) is 0 Å². The summed E-state index contributed by atoms with van der Waals surface area (Å²) < 4.78 is 0. The lowest BCUT2D eigenvalue weighted by molar-refractivity contribution is -0.129. The van der Waals surface area contributed by atoms with Crippen molar-refractivity contribution in [3.63, 3.8) is 0 Å². The third-order valence-corrected chi connectivity index (χ3v) is 2.37. The van der Waals surface area contributed by atoms with E-state index in [1.165, 1.54) is 22.2 Å². The summed E-state index contributed by atoms with van der Waals surface area (Å²) in [5, 5.41) is 0. The first-order chi connectivity index (χ1) is 7.52. The summed E-state index contributed by atoms with van der Waals surface area (Å²) in [5.74, 6) is 0.0547. The summed E-state index contributed by atoms with van der Waals surface area (Å²) in [5.41, 5.74) is 0. The summed E-state index contributed by atoms with van der Waals surface area (Å²) in [6.45, 7) is 7.01. The van der Waals surface area contributed by atoms with Gasteiger partial charge < -0.3 is 9.80 Å². The van der Waals surface area contributed by atoms with Crippen molar-refractivity contribution in [2.75, 3.05) is 14.1 Å². The van der Waals surface area contributed by atoms with E-state index in [0.717, 1.165) is 0 Å². The van der Waals surface area contributed by atoms with E-state index in [4.69, 9.17) is 0 Å². The van der Waals surface area contributed by atoms with Crippen LogP contribution in [0.3, 0.4) is 0 Å².